The molecule has 0 amide bonds. The van der Waals surface area contributed by atoms with Crippen LogP contribution in [0.4, 0.5) is 5.69 Å². The van der Waals surface area contributed by atoms with Crippen LogP contribution in [0, 0.1) is 0 Å². The van der Waals surface area contributed by atoms with Crippen LogP contribution >= 0.6 is 0 Å². The minimum absolute atomic E-state index is 0.161. The van der Waals surface area contributed by atoms with Crippen molar-refractivity contribution in [2.24, 2.45) is 0 Å². The molecule has 0 bridgehead atoms. The highest BCUT2D eigenvalue weighted by atomic mass is 16.4. The van der Waals surface area contributed by atoms with Crippen LogP contribution in [0.3, 0.4) is 0 Å². The second kappa shape index (κ2) is 4.46. The average molecular weight is 191 g/mol. The summed E-state index contributed by atoms with van der Waals surface area (Å²) in [6.07, 6.45) is 0. The first-order chi connectivity index (χ1) is 6.61. The number of aliphatic carboxylic acids is 1. The van der Waals surface area contributed by atoms with E-state index in [0.717, 1.165) is 5.69 Å². The summed E-state index contributed by atoms with van der Waals surface area (Å²) in [6.45, 7) is 5.26. The van der Waals surface area contributed by atoms with E-state index in [9.17, 15) is 4.79 Å². The Labute approximate surface area is 83.1 Å². The Kier molecular flexibility index (Phi) is 3.29. The Morgan fingerprint density at radius 1 is 1.43 bits per heavy atom. The van der Waals surface area contributed by atoms with E-state index in [-0.39, 0.29) is 11.6 Å². The van der Waals surface area contributed by atoms with Gasteiger partial charge in [-0.2, -0.15) is 0 Å². The van der Waals surface area contributed by atoms with Gasteiger partial charge in [-0.05, 0) is 19.1 Å². The number of nitrogens with one attached hydrogen (secondary N) is 1. The van der Waals surface area contributed by atoms with E-state index in [4.69, 9.17) is 5.11 Å². The summed E-state index contributed by atoms with van der Waals surface area (Å²) >= 11 is 0. The topological polar surface area (TPSA) is 49.3 Å². The van der Waals surface area contributed by atoms with Crippen LogP contribution in [0.1, 0.15) is 6.92 Å². The van der Waals surface area contributed by atoms with Crippen LogP contribution in [-0.2, 0) is 4.79 Å². The van der Waals surface area contributed by atoms with Crippen molar-refractivity contribution in [3.05, 3.63) is 42.5 Å². The van der Waals surface area contributed by atoms with Crippen molar-refractivity contribution in [2.75, 3.05) is 5.32 Å². The summed E-state index contributed by atoms with van der Waals surface area (Å²) in [4.78, 5) is 10.6. The smallest absolute Gasteiger partial charge is 0.333 e. The van der Waals surface area contributed by atoms with Gasteiger partial charge in [0.2, 0.25) is 0 Å². The van der Waals surface area contributed by atoms with Gasteiger partial charge in [-0.15, -0.1) is 0 Å². The molecule has 0 fully saturated rings. The maximum absolute atomic E-state index is 10.6. The van der Waals surface area contributed by atoms with Crippen molar-refractivity contribution in [1.82, 2.24) is 0 Å². The van der Waals surface area contributed by atoms with E-state index in [0.29, 0.717) is 0 Å². The summed E-state index contributed by atoms with van der Waals surface area (Å²) in [6, 6.07) is 9.17. The first-order valence-corrected chi connectivity index (χ1v) is 4.35. The second-order valence-corrected chi connectivity index (χ2v) is 3.06. The Balaban J connectivity index is 2.62. The Morgan fingerprint density at radius 2 is 2.00 bits per heavy atom. The third-order valence-corrected chi connectivity index (χ3v) is 1.95. The van der Waals surface area contributed by atoms with Crippen molar-refractivity contribution < 1.29 is 9.90 Å². The molecule has 14 heavy (non-hydrogen) atoms. The van der Waals surface area contributed by atoms with E-state index in [1.54, 1.807) is 6.92 Å². The van der Waals surface area contributed by atoms with Crippen molar-refractivity contribution in [1.29, 1.82) is 0 Å². The molecule has 0 spiro atoms. The van der Waals surface area contributed by atoms with Gasteiger partial charge in [0.25, 0.3) is 0 Å². The van der Waals surface area contributed by atoms with E-state index in [1.165, 1.54) is 0 Å². The monoisotopic (exact) mass is 191 g/mol. The molecule has 0 aliphatic carbocycles. The minimum atomic E-state index is -0.971. The van der Waals surface area contributed by atoms with E-state index < -0.39 is 5.97 Å². The second-order valence-electron chi connectivity index (χ2n) is 3.06. The Morgan fingerprint density at radius 3 is 2.50 bits per heavy atom. The standard InChI is InChI=1S/C11H13NO2/c1-8(11(13)14)9(2)12-10-6-4-3-5-7-10/h3-7,9,12H,1H2,2H3,(H,13,14). The number of benzene rings is 1. The molecule has 1 rings (SSSR count). The molecule has 1 aromatic rings. The lowest BCUT2D eigenvalue weighted by Crippen LogP contribution is -2.22. The van der Waals surface area contributed by atoms with Crippen molar-refractivity contribution >= 4 is 11.7 Å². The van der Waals surface area contributed by atoms with Crippen LogP contribution in [0.5, 0.6) is 0 Å². The molecule has 0 aliphatic rings. The first kappa shape index (κ1) is 10.3. The molecular weight excluding hydrogens is 178 g/mol. The summed E-state index contributed by atoms with van der Waals surface area (Å²) in [5.74, 6) is -0.971. The summed E-state index contributed by atoms with van der Waals surface area (Å²) in [5, 5.41) is 11.7. The molecule has 0 aliphatic heterocycles. The Bertz CT molecular complexity index is 332. The van der Waals surface area contributed by atoms with E-state index >= 15 is 0 Å². The van der Waals surface area contributed by atoms with Gasteiger partial charge in [0, 0.05) is 5.69 Å². The SMILES string of the molecule is C=C(C(=O)O)C(C)Nc1ccccc1. The third kappa shape index (κ3) is 2.62. The van der Waals surface area contributed by atoms with E-state index in [1.807, 2.05) is 30.3 Å². The molecule has 0 saturated carbocycles. The highest BCUT2D eigenvalue weighted by Gasteiger charge is 2.12. The number of rotatable bonds is 4. The molecule has 0 radical (unpaired) electrons. The number of para-hydroxylation sites is 1. The first-order valence-electron chi connectivity index (χ1n) is 4.35. The zero-order chi connectivity index (χ0) is 10.6. The zero-order valence-electron chi connectivity index (χ0n) is 8.03. The summed E-state index contributed by atoms with van der Waals surface area (Å²) in [7, 11) is 0. The number of anilines is 1. The normalized spacial score (nSPS) is 11.8. The predicted octanol–water partition coefficient (Wildman–Crippen LogP) is 2.13. The molecule has 0 saturated heterocycles. The molecule has 2 N–H and O–H groups in total. The van der Waals surface area contributed by atoms with Crippen molar-refractivity contribution in [3.8, 4) is 0 Å². The molecule has 3 nitrogen and oxygen atoms in total. The maximum Gasteiger partial charge on any atom is 0.333 e. The van der Waals surface area contributed by atoms with Gasteiger partial charge in [-0.3, -0.25) is 0 Å². The van der Waals surface area contributed by atoms with Gasteiger partial charge in [0.05, 0.1) is 11.6 Å². The van der Waals surface area contributed by atoms with Crippen LogP contribution < -0.4 is 5.32 Å². The van der Waals surface area contributed by atoms with Crippen LogP contribution in [-0.4, -0.2) is 17.1 Å². The van der Waals surface area contributed by atoms with Crippen molar-refractivity contribution in [2.45, 2.75) is 13.0 Å². The number of hydrogen-bond donors (Lipinski definition) is 2. The number of hydrogen-bond acceptors (Lipinski definition) is 2. The minimum Gasteiger partial charge on any atom is -0.478 e. The largest absolute Gasteiger partial charge is 0.478 e. The van der Waals surface area contributed by atoms with Crippen LogP contribution in [0.25, 0.3) is 0 Å². The predicted molar refractivity (Wildman–Crippen MR) is 56.3 cm³/mol. The van der Waals surface area contributed by atoms with Crippen LogP contribution in [0.2, 0.25) is 0 Å². The van der Waals surface area contributed by atoms with Crippen molar-refractivity contribution in [3.63, 3.8) is 0 Å². The zero-order valence-corrected chi connectivity index (χ0v) is 8.03. The Hall–Kier alpha value is -1.77. The molecule has 0 aromatic heterocycles. The molecule has 0 heterocycles. The average Bonchev–Trinajstić information content (AvgIpc) is 2.18. The maximum atomic E-state index is 10.6. The van der Waals surface area contributed by atoms with E-state index in [2.05, 4.69) is 11.9 Å². The highest BCUT2D eigenvalue weighted by Crippen LogP contribution is 2.10. The van der Waals surface area contributed by atoms with Gasteiger partial charge >= 0.3 is 5.97 Å². The van der Waals surface area contributed by atoms with Gasteiger partial charge in [-0.1, -0.05) is 24.8 Å². The fourth-order valence-corrected chi connectivity index (χ4v) is 1.06. The highest BCUT2D eigenvalue weighted by molar-refractivity contribution is 5.87. The number of carboxylic acid groups (broad SMARTS) is 1. The van der Waals surface area contributed by atoms with Gasteiger partial charge in [-0.25, -0.2) is 4.79 Å². The lowest BCUT2D eigenvalue weighted by molar-refractivity contribution is -0.132. The fourth-order valence-electron chi connectivity index (χ4n) is 1.06. The summed E-state index contributed by atoms with van der Waals surface area (Å²) < 4.78 is 0. The molecule has 1 atom stereocenters. The van der Waals surface area contributed by atoms with Gasteiger partial charge in [0.1, 0.15) is 0 Å². The fraction of sp³-hybridized carbons (Fsp3) is 0.182. The summed E-state index contributed by atoms with van der Waals surface area (Å²) in [5.41, 5.74) is 1.05. The lowest BCUT2D eigenvalue weighted by atomic mass is 10.1. The molecule has 1 aromatic carbocycles. The molecular formula is C11H13NO2. The van der Waals surface area contributed by atoms with Crippen LogP contribution in [0.15, 0.2) is 42.5 Å². The lowest BCUT2D eigenvalue weighted by Gasteiger charge is -2.14. The van der Waals surface area contributed by atoms with Gasteiger partial charge in [0.15, 0.2) is 0 Å². The number of carboxylic acids is 1. The molecule has 1 unspecified atom stereocenters. The molecule has 3 heteroatoms. The quantitative estimate of drug-likeness (QED) is 0.717. The third-order valence-electron chi connectivity index (χ3n) is 1.95. The number of carbonyl (C=O) groups is 1. The molecule has 74 valence electrons. The van der Waals surface area contributed by atoms with Gasteiger partial charge < -0.3 is 10.4 Å².